The van der Waals surface area contributed by atoms with Crippen LogP contribution >= 0.6 is 11.8 Å². The van der Waals surface area contributed by atoms with Crippen LogP contribution in [-0.4, -0.2) is 61.0 Å². The monoisotopic (exact) mass is 292 g/mol. The number of hydrogen-bond donors (Lipinski definition) is 1. The number of nitrogens with one attached hydrogen (secondary N) is 1. The van der Waals surface area contributed by atoms with Crippen LogP contribution in [0.15, 0.2) is 0 Å². The molecule has 1 amide bonds. The third-order valence-electron chi connectivity index (χ3n) is 3.34. The van der Waals surface area contributed by atoms with Gasteiger partial charge in [0.05, 0.1) is 6.54 Å². The van der Waals surface area contributed by atoms with Gasteiger partial charge in [-0.3, -0.25) is 4.79 Å². The van der Waals surface area contributed by atoms with E-state index in [0.29, 0.717) is 18.3 Å². The molecule has 0 bridgehead atoms. The minimum Gasteiger partial charge on any atom is -0.323 e. The molecule has 0 spiro atoms. The Bertz CT molecular complexity index is 407. The second-order valence-electron chi connectivity index (χ2n) is 4.72. The van der Waals surface area contributed by atoms with Gasteiger partial charge in [0.25, 0.3) is 0 Å². The zero-order valence-corrected chi connectivity index (χ0v) is 12.2. The highest BCUT2D eigenvalue weighted by molar-refractivity contribution is 8.01. The SMILES string of the molecule is CCS(=O)(=O)C1CSCCN1C(=O)CNC1CC1. The summed E-state index contributed by atoms with van der Waals surface area (Å²) in [4.78, 5) is 13.6. The molecule has 0 radical (unpaired) electrons. The lowest BCUT2D eigenvalue weighted by Gasteiger charge is -2.34. The Labute approximate surface area is 113 Å². The molecule has 1 aliphatic carbocycles. The Morgan fingerprint density at radius 3 is 2.78 bits per heavy atom. The maximum absolute atomic E-state index is 12.1. The van der Waals surface area contributed by atoms with E-state index < -0.39 is 15.2 Å². The summed E-state index contributed by atoms with van der Waals surface area (Å²) < 4.78 is 24.0. The zero-order valence-electron chi connectivity index (χ0n) is 10.6. The van der Waals surface area contributed by atoms with E-state index in [1.54, 1.807) is 23.6 Å². The van der Waals surface area contributed by atoms with Gasteiger partial charge >= 0.3 is 0 Å². The first-order chi connectivity index (χ1) is 8.54. The first kappa shape index (κ1) is 14.1. The van der Waals surface area contributed by atoms with E-state index in [-0.39, 0.29) is 18.2 Å². The minimum atomic E-state index is -3.18. The minimum absolute atomic E-state index is 0.0794. The molecular formula is C11H20N2O3S2. The number of carbonyl (C=O) groups excluding carboxylic acids is 1. The first-order valence-corrected chi connectivity index (χ1v) is 9.23. The molecule has 18 heavy (non-hydrogen) atoms. The van der Waals surface area contributed by atoms with Gasteiger partial charge in [-0.2, -0.15) is 11.8 Å². The summed E-state index contributed by atoms with van der Waals surface area (Å²) in [5, 5.41) is 2.52. The normalized spacial score (nSPS) is 25.2. The van der Waals surface area contributed by atoms with Crippen LogP contribution in [0.3, 0.4) is 0 Å². The van der Waals surface area contributed by atoms with Crippen molar-refractivity contribution in [1.29, 1.82) is 0 Å². The van der Waals surface area contributed by atoms with Crippen LogP contribution in [-0.2, 0) is 14.6 Å². The molecule has 1 atom stereocenters. The summed E-state index contributed by atoms with van der Waals surface area (Å²) in [7, 11) is -3.18. The summed E-state index contributed by atoms with van der Waals surface area (Å²) in [6, 6.07) is 0.467. The van der Waals surface area contributed by atoms with Crippen LogP contribution in [0.25, 0.3) is 0 Å². The van der Waals surface area contributed by atoms with Crippen molar-refractivity contribution in [2.75, 3.05) is 30.3 Å². The molecule has 1 heterocycles. The van der Waals surface area contributed by atoms with Crippen molar-refractivity contribution in [2.45, 2.75) is 31.2 Å². The number of rotatable bonds is 5. The van der Waals surface area contributed by atoms with Gasteiger partial charge in [0, 0.05) is 29.8 Å². The molecule has 0 aromatic carbocycles. The zero-order chi connectivity index (χ0) is 13.2. The predicted octanol–water partition coefficient (Wildman–Crippen LogP) is 0.0746. The molecule has 1 N–H and O–H groups in total. The Hall–Kier alpha value is -0.270. The number of sulfone groups is 1. The Morgan fingerprint density at radius 1 is 1.44 bits per heavy atom. The van der Waals surface area contributed by atoms with Crippen LogP contribution in [0.5, 0.6) is 0 Å². The van der Waals surface area contributed by atoms with Gasteiger partial charge in [0.1, 0.15) is 5.37 Å². The first-order valence-electron chi connectivity index (χ1n) is 6.36. The number of carbonyl (C=O) groups is 1. The number of thioether (sulfide) groups is 1. The number of amides is 1. The van der Waals surface area contributed by atoms with Crippen LogP contribution in [0.4, 0.5) is 0 Å². The number of hydrogen-bond acceptors (Lipinski definition) is 5. The van der Waals surface area contributed by atoms with Gasteiger partial charge in [-0.15, -0.1) is 0 Å². The molecule has 2 aliphatic rings. The van der Waals surface area contributed by atoms with E-state index in [1.807, 2.05) is 0 Å². The fourth-order valence-corrected chi connectivity index (χ4v) is 4.96. The standard InChI is InChI=1S/C11H20N2O3S2/c1-2-18(15,16)11-8-17-6-5-13(11)10(14)7-12-9-3-4-9/h9,11-12H,2-8H2,1H3. The predicted molar refractivity (Wildman–Crippen MR) is 73.3 cm³/mol. The molecule has 0 aromatic heterocycles. The van der Waals surface area contributed by atoms with Gasteiger partial charge in [-0.25, -0.2) is 8.42 Å². The summed E-state index contributed by atoms with van der Waals surface area (Å²) in [5.74, 6) is 1.35. The Kier molecular flexibility index (Phi) is 4.55. The van der Waals surface area contributed by atoms with Crippen molar-refractivity contribution in [2.24, 2.45) is 0 Å². The van der Waals surface area contributed by atoms with Gasteiger partial charge < -0.3 is 10.2 Å². The topological polar surface area (TPSA) is 66.5 Å². The largest absolute Gasteiger partial charge is 0.323 e. The van der Waals surface area contributed by atoms with Crippen molar-refractivity contribution >= 4 is 27.5 Å². The lowest BCUT2D eigenvalue weighted by Crippen LogP contribution is -2.53. The van der Waals surface area contributed by atoms with Crippen molar-refractivity contribution in [1.82, 2.24) is 10.2 Å². The van der Waals surface area contributed by atoms with Crippen LogP contribution in [0.1, 0.15) is 19.8 Å². The van der Waals surface area contributed by atoms with E-state index in [9.17, 15) is 13.2 Å². The molecule has 7 heteroatoms. The lowest BCUT2D eigenvalue weighted by atomic mass is 10.4. The average molecular weight is 292 g/mol. The van der Waals surface area contributed by atoms with Crippen molar-refractivity contribution in [3.05, 3.63) is 0 Å². The van der Waals surface area contributed by atoms with E-state index in [4.69, 9.17) is 0 Å². The summed E-state index contributed by atoms with van der Waals surface area (Å²) in [5.41, 5.74) is 0. The molecule has 104 valence electrons. The van der Waals surface area contributed by atoms with E-state index in [1.165, 1.54) is 0 Å². The summed E-state index contributed by atoms with van der Waals surface area (Å²) >= 11 is 1.61. The van der Waals surface area contributed by atoms with E-state index >= 15 is 0 Å². The summed E-state index contributed by atoms with van der Waals surface area (Å²) in [6.07, 6.45) is 2.25. The highest BCUT2D eigenvalue weighted by atomic mass is 32.2. The van der Waals surface area contributed by atoms with Crippen molar-refractivity contribution in [3.8, 4) is 0 Å². The molecular weight excluding hydrogens is 272 g/mol. The third kappa shape index (κ3) is 3.39. The lowest BCUT2D eigenvalue weighted by molar-refractivity contribution is -0.130. The molecule has 2 rings (SSSR count). The van der Waals surface area contributed by atoms with Gasteiger partial charge in [-0.1, -0.05) is 6.92 Å². The highest BCUT2D eigenvalue weighted by Crippen LogP contribution is 2.22. The van der Waals surface area contributed by atoms with Crippen LogP contribution in [0.2, 0.25) is 0 Å². The molecule has 1 saturated carbocycles. The number of nitrogens with zero attached hydrogens (tertiary/aromatic N) is 1. The maximum atomic E-state index is 12.1. The molecule has 1 unspecified atom stereocenters. The fraction of sp³-hybridized carbons (Fsp3) is 0.909. The molecule has 1 saturated heterocycles. The third-order valence-corrected chi connectivity index (χ3v) is 6.63. The Balaban J connectivity index is 1.99. The van der Waals surface area contributed by atoms with E-state index in [0.717, 1.165) is 18.6 Å². The second kappa shape index (κ2) is 5.79. The fourth-order valence-electron chi connectivity index (χ4n) is 1.98. The molecule has 1 aliphatic heterocycles. The molecule has 0 aromatic rings. The van der Waals surface area contributed by atoms with Crippen molar-refractivity contribution < 1.29 is 13.2 Å². The van der Waals surface area contributed by atoms with Gasteiger partial charge in [-0.05, 0) is 12.8 Å². The van der Waals surface area contributed by atoms with Gasteiger partial charge in [0.15, 0.2) is 9.84 Å². The summed E-state index contributed by atoms with van der Waals surface area (Å²) in [6.45, 7) is 2.45. The molecule has 2 fully saturated rings. The van der Waals surface area contributed by atoms with Crippen molar-refractivity contribution in [3.63, 3.8) is 0 Å². The van der Waals surface area contributed by atoms with E-state index in [2.05, 4.69) is 5.32 Å². The van der Waals surface area contributed by atoms with Gasteiger partial charge in [0.2, 0.25) is 5.91 Å². The Morgan fingerprint density at radius 2 is 2.17 bits per heavy atom. The average Bonchev–Trinajstić information content (AvgIpc) is 3.20. The maximum Gasteiger partial charge on any atom is 0.237 e. The highest BCUT2D eigenvalue weighted by Gasteiger charge is 2.35. The quantitative estimate of drug-likeness (QED) is 0.777. The van der Waals surface area contributed by atoms with Crippen LogP contribution < -0.4 is 5.32 Å². The smallest absolute Gasteiger partial charge is 0.237 e. The van der Waals surface area contributed by atoms with Crippen LogP contribution in [0, 0.1) is 0 Å². The molecule has 5 nitrogen and oxygen atoms in total. The second-order valence-corrected chi connectivity index (χ2v) is 8.32.